The summed E-state index contributed by atoms with van der Waals surface area (Å²) in [5.74, 6) is 0.375. The minimum absolute atomic E-state index is 0.0908. The van der Waals surface area contributed by atoms with E-state index in [4.69, 9.17) is 9.47 Å². The number of benzene rings is 2. The van der Waals surface area contributed by atoms with E-state index in [2.05, 4.69) is 4.18 Å². The summed E-state index contributed by atoms with van der Waals surface area (Å²) in [5, 5.41) is 0. The van der Waals surface area contributed by atoms with Crippen molar-refractivity contribution in [2.75, 3.05) is 12.9 Å². The summed E-state index contributed by atoms with van der Waals surface area (Å²) in [6, 6.07) is 11.3. The molecule has 0 bridgehead atoms. The summed E-state index contributed by atoms with van der Waals surface area (Å²) in [5.41, 5.74) is -0.867. The predicted molar refractivity (Wildman–Crippen MR) is 93.5 cm³/mol. The lowest BCUT2D eigenvalue weighted by Crippen LogP contribution is -2.17. The van der Waals surface area contributed by atoms with Gasteiger partial charge in [-0.3, -0.25) is 4.18 Å². The zero-order chi connectivity index (χ0) is 20.1. The Morgan fingerprint density at radius 1 is 1.04 bits per heavy atom. The molecular weight excluding hydrogens is 385 g/mol. The molecular formula is C18H19F3O5S. The first-order valence-electron chi connectivity index (χ1n) is 8.00. The molecule has 0 heterocycles. The molecule has 5 nitrogen and oxygen atoms in total. The molecule has 0 radical (unpaired) electrons. The molecule has 148 valence electrons. The summed E-state index contributed by atoms with van der Waals surface area (Å²) in [6.45, 7) is 1.55. The monoisotopic (exact) mass is 404 g/mol. The van der Waals surface area contributed by atoms with Crippen LogP contribution in [0.3, 0.4) is 0 Å². The number of halogens is 3. The van der Waals surface area contributed by atoms with Crippen LogP contribution in [0.15, 0.2) is 48.5 Å². The van der Waals surface area contributed by atoms with Gasteiger partial charge in [0.2, 0.25) is 0 Å². The molecule has 0 N–H and O–H groups in total. The smallest absolute Gasteiger partial charge is 0.416 e. The van der Waals surface area contributed by atoms with Gasteiger partial charge in [0.05, 0.1) is 24.5 Å². The van der Waals surface area contributed by atoms with Crippen LogP contribution in [-0.4, -0.2) is 27.4 Å². The third-order valence-electron chi connectivity index (χ3n) is 3.39. The van der Waals surface area contributed by atoms with E-state index in [-0.39, 0.29) is 24.5 Å². The fourth-order valence-corrected chi connectivity index (χ4v) is 2.52. The molecule has 0 saturated heterocycles. The molecule has 27 heavy (non-hydrogen) atoms. The molecule has 0 spiro atoms. The van der Waals surface area contributed by atoms with Crippen LogP contribution in [-0.2, 0) is 20.5 Å². The summed E-state index contributed by atoms with van der Waals surface area (Å²) < 4.78 is 76.8. The van der Waals surface area contributed by atoms with Crippen molar-refractivity contribution in [3.63, 3.8) is 0 Å². The van der Waals surface area contributed by atoms with E-state index in [1.165, 1.54) is 6.07 Å². The summed E-state index contributed by atoms with van der Waals surface area (Å²) >= 11 is 0. The highest BCUT2D eigenvalue weighted by molar-refractivity contribution is 7.85. The Balaban J connectivity index is 2.18. The fourth-order valence-electron chi connectivity index (χ4n) is 2.12. The molecule has 0 fully saturated rings. The molecule has 2 rings (SSSR count). The first-order chi connectivity index (χ1) is 12.5. The molecule has 0 aliphatic rings. The van der Waals surface area contributed by atoms with Crippen molar-refractivity contribution in [2.24, 2.45) is 0 Å². The average molecular weight is 404 g/mol. The summed E-state index contributed by atoms with van der Waals surface area (Å²) in [7, 11) is -3.57. The van der Waals surface area contributed by atoms with Gasteiger partial charge in [-0.25, -0.2) is 0 Å². The number of hydrogen-bond donors (Lipinski definition) is 0. The maximum absolute atomic E-state index is 13.0. The molecule has 0 amide bonds. The molecule has 0 aromatic heterocycles. The van der Waals surface area contributed by atoms with Crippen molar-refractivity contribution in [3.05, 3.63) is 54.1 Å². The van der Waals surface area contributed by atoms with Gasteiger partial charge in [0, 0.05) is 6.42 Å². The van der Waals surface area contributed by atoms with E-state index in [0.717, 1.165) is 18.4 Å². The number of rotatable bonds is 8. The van der Waals surface area contributed by atoms with Crippen LogP contribution in [0.4, 0.5) is 13.2 Å². The van der Waals surface area contributed by atoms with E-state index in [1.807, 2.05) is 0 Å². The van der Waals surface area contributed by atoms with Gasteiger partial charge in [0.25, 0.3) is 10.1 Å². The van der Waals surface area contributed by atoms with Crippen molar-refractivity contribution >= 4 is 10.1 Å². The van der Waals surface area contributed by atoms with E-state index in [0.29, 0.717) is 5.75 Å². The average Bonchev–Trinajstić information content (AvgIpc) is 2.55. The van der Waals surface area contributed by atoms with Crippen LogP contribution in [0.2, 0.25) is 0 Å². The normalized spacial score (nSPS) is 13.2. The summed E-state index contributed by atoms with van der Waals surface area (Å²) in [6.07, 6.45) is -3.89. The van der Waals surface area contributed by atoms with Crippen molar-refractivity contribution in [1.29, 1.82) is 0 Å². The van der Waals surface area contributed by atoms with Crippen LogP contribution < -0.4 is 9.47 Å². The molecule has 1 atom stereocenters. The minimum Gasteiger partial charge on any atom is -0.487 e. The van der Waals surface area contributed by atoms with Gasteiger partial charge < -0.3 is 9.47 Å². The van der Waals surface area contributed by atoms with Crippen LogP contribution in [0.5, 0.6) is 17.2 Å². The molecule has 0 unspecified atom stereocenters. The third-order valence-corrected chi connectivity index (χ3v) is 3.99. The molecule has 0 saturated carbocycles. The van der Waals surface area contributed by atoms with Crippen LogP contribution in [0.1, 0.15) is 18.9 Å². The first kappa shape index (κ1) is 21.0. The first-order valence-corrected chi connectivity index (χ1v) is 9.81. The number of para-hydroxylation sites is 1. The molecule has 2 aromatic carbocycles. The lowest BCUT2D eigenvalue weighted by atomic mass is 10.2. The van der Waals surface area contributed by atoms with Crippen molar-refractivity contribution in [3.8, 4) is 17.2 Å². The second kappa shape index (κ2) is 8.62. The van der Waals surface area contributed by atoms with Gasteiger partial charge in [-0.1, -0.05) is 18.2 Å². The Labute approximate surface area is 155 Å². The highest BCUT2D eigenvalue weighted by atomic mass is 32.2. The summed E-state index contributed by atoms with van der Waals surface area (Å²) in [4.78, 5) is 0. The standard InChI is InChI=1S/C18H19F3O5S/c1-13(10-11-24-27(2,22)23)25-16-9-8-14(18(19,20)21)12-17(16)26-15-6-4-3-5-7-15/h3-9,12-13H,10-11H2,1-2H3/t13-/m0/s1. The lowest BCUT2D eigenvalue weighted by Gasteiger charge is -2.19. The Bertz CT molecular complexity index is 851. The topological polar surface area (TPSA) is 61.8 Å². The van der Waals surface area contributed by atoms with E-state index in [9.17, 15) is 21.6 Å². The Morgan fingerprint density at radius 2 is 1.70 bits per heavy atom. The number of hydrogen-bond acceptors (Lipinski definition) is 5. The van der Waals surface area contributed by atoms with E-state index in [1.54, 1.807) is 37.3 Å². The third kappa shape index (κ3) is 7.10. The lowest BCUT2D eigenvalue weighted by molar-refractivity contribution is -0.137. The number of alkyl halides is 3. The van der Waals surface area contributed by atoms with Crippen LogP contribution >= 0.6 is 0 Å². The molecule has 2 aromatic rings. The SMILES string of the molecule is C[C@@H](CCOS(C)(=O)=O)Oc1ccc(C(F)(F)F)cc1Oc1ccccc1. The minimum atomic E-state index is -4.53. The number of ether oxygens (including phenoxy) is 2. The van der Waals surface area contributed by atoms with Gasteiger partial charge in [0.1, 0.15) is 5.75 Å². The second-order valence-electron chi connectivity index (χ2n) is 5.82. The van der Waals surface area contributed by atoms with Crippen molar-refractivity contribution in [2.45, 2.75) is 25.6 Å². The maximum atomic E-state index is 13.0. The largest absolute Gasteiger partial charge is 0.487 e. The van der Waals surface area contributed by atoms with Crippen LogP contribution in [0, 0.1) is 0 Å². The highest BCUT2D eigenvalue weighted by Crippen LogP contribution is 2.38. The maximum Gasteiger partial charge on any atom is 0.416 e. The van der Waals surface area contributed by atoms with Crippen LogP contribution in [0.25, 0.3) is 0 Å². The predicted octanol–water partition coefficient (Wildman–Crippen LogP) is 4.63. The van der Waals surface area contributed by atoms with E-state index >= 15 is 0 Å². The van der Waals surface area contributed by atoms with Crippen molar-refractivity contribution in [1.82, 2.24) is 0 Å². The Hall–Kier alpha value is -2.26. The highest BCUT2D eigenvalue weighted by Gasteiger charge is 2.31. The fraction of sp³-hybridized carbons (Fsp3) is 0.333. The van der Waals surface area contributed by atoms with Gasteiger partial charge in [0.15, 0.2) is 11.5 Å². The van der Waals surface area contributed by atoms with E-state index < -0.39 is 28.0 Å². The van der Waals surface area contributed by atoms with Gasteiger partial charge in [-0.2, -0.15) is 21.6 Å². The molecule has 0 aliphatic heterocycles. The Morgan fingerprint density at radius 3 is 2.30 bits per heavy atom. The van der Waals surface area contributed by atoms with Gasteiger partial charge in [-0.05, 0) is 37.3 Å². The second-order valence-corrected chi connectivity index (χ2v) is 7.46. The van der Waals surface area contributed by atoms with Gasteiger partial charge >= 0.3 is 6.18 Å². The quantitative estimate of drug-likeness (QED) is 0.601. The van der Waals surface area contributed by atoms with Crippen molar-refractivity contribution < 1.29 is 35.2 Å². The molecule has 9 heteroatoms. The van der Waals surface area contributed by atoms with Gasteiger partial charge in [-0.15, -0.1) is 0 Å². The zero-order valence-corrected chi connectivity index (χ0v) is 15.5. The zero-order valence-electron chi connectivity index (χ0n) is 14.7. The molecule has 0 aliphatic carbocycles. The Kier molecular flexibility index (Phi) is 6.72.